The molecule has 1 aromatic heterocycles. The minimum atomic E-state index is 0.771. The summed E-state index contributed by atoms with van der Waals surface area (Å²) >= 11 is 0. The van der Waals surface area contributed by atoms with Crippen LogP contribution >= 0.6 is 0 Å². The molecule has 0 spiro atoms. The molecule has 0 atom stereocenters. The van der Waals surface area contributed by atoms with E-state index >= 15 is 0 Å². The number of aromatic nitrogens is 1. The summed E-state index contributed by atoms with van der Waals surface area (Å²) in [7, 11) is 0. The Morgan fingerprint density at radius 3 is 3.00 bits per heavy atom. The van der Waals surface area contributed by atoms with Gasteiger partial charge in [0.05, 0.1) is 11.4 Å². The molecule has 2 aliphatic rings. The summed E-state index contributed by atoms with van der Waals surface area (Å²) in [5.74, 6) is 0.771. The van der Waals surface area contributed by atoms with Gasteiger partial charge in [0.15, 0.2) is 5.84 Å². The number of fused-ring (bicyclic) bond motifs is 1. The Morgan fingerprint density at radius 1 is 1.20 bits per heavy atom. The fourth-order valence-electron chi connectivity index (χ4n) is 1.64. The molecule has 0 N–H and O–H groups in total. The Hall–Kier alpha value is -2.03. The minimum Gasteiger partial charge on any atom is -0.264 e. The van der Waals surface area contributed by atoms with Crippen molar-refractivity contribution >= 4 is 11.5 Å². The lowest BCUT2D eigenvalue weighted by atomic mass is 10.1. The van der Waals surface area contributed by atoms with Gasteiger partial charge in [-0.2, -0.15) is 0 Å². The normalized spacial score (nSPS) is 18.0. The van der Waals surface area contributed by atoms with Crippen LogP contribution in [0.25, 0.3) is 0 Å². The third kappa shape index (κ3) is 1.42. The Bertz CT molecular complexity index is 507. The molecule has 72 valence electrons. The van der Waals surface area contributed by atoms with Crippen molar-refractivity contribution in [3.8, 4) is 0 Å². The second kappa shape index (κ2) is 3.28. The van der Waals surface area contributed by atoms with E-state index in [0.717, 1.165) is 29.2 Å². The summed E-state index contributed by atoms with van der Waals surface area (Å²) in [5.41, 5.74) is 3.01. The third-order valence-corrected chi connectivity index (χ3v) is 2.38. The Kier molecular flexibility index (Phi) is 1.81. The second-order valence-corrected chi connectivity index (χ2v) is 3.42. The highest BCUT2D eigenvalue weighted by Gasteiger charge is 2.17. The quantitative estimate of drug-likeness (QED) is 0.676. The summed E-state index contributed by atoms with van der Waals surface area (Å²) in [6, 6.07) is 3.87. The summed E-state index contributed by atoms with van der Waals surface area (Å²) < 4.78 is 0. The average Bonchev–Trinajstić information content (AvgIpc) is 2.74. The second-order valence-electron chi connectivity index (χ2n) is 3.42. The molecule has 0 unspecified atom stereocenters. The highest BCUT2D eigenvalue weighted by molar-refractivity contribution is 6.18. The maximum Gasteiger partial charge on any atom is 0.161 e. The van der Waals surface area contributed by atoms with Crippen LogP contribution in [-0.4, -0.2) is 16.5 Å². The number of pyridine rings is 1. The zero-order chi connectivity index (χ0) is 10.1. The lowest BCUT2D eigenvalue weighted by molar-refractivity contribution is 1.31. The molecular formula is C12H9N3. The van der Waals surface area contributed by atoms with Gasteiger partial charge in [0.25, 0.3) is 0 Å². The molecule has 0 fully saturated rings. The molecule has 0 amide bonds. The molecular weight excluding hydrogens is 186 g/mol. The molecule has 1 aliphatic carbocycles. The van der Waals surface area contributed by atoms with Crippen LogP contribution in [0.2, 0.25) is 0 Å². The van der Waals surface area contributed by atoms with Crippen molar-refractivity contribution in [2.24, 2.45) is 9.98 Å². The molecule has 1 aliphatic heterocycles. The predicted octanol–water partition coefficient (Wildman–Crippen LogP) is 2.13. The van der Waals surface area contributed by atoms with E-state index in [0.29, 0.717) is 0 Å². The molecule has 1 aromatic rings. The lowest BCUT2D eigenvalue weighted by Crippen LogP contribution is -1.98. The van der Waals surface area contributed by atoms with E-state index in [1.54, 1.807) is 12.4 Å². The van der Waals surface area contributed by atoms with Crippen molar-refractivity contribution in [1.29, 1.82) is 0 Å². The molecule has 2 heterocycles. The minimum absolute atomic E-state index is 0.771. The summed E-state index contributed by atoms with van der Waals surface area (Å²) in [6.07, 6.45) is 10.5. The first-order valence-corrected chi connectivity index (χ1v) is 4.87. The molecule has 3 rings (SSSR count). The molecule has 0 saturated carbocycles. The number of aliphatic imine (C=N–C) groups is 2. The summed E-state index contributed by atoms with van der Waals surface area (Å²) in [4.78, 5) is 13.0. The van der Waals surface area contributed by atoms with Crippen molar-refractivity contribution < 1.29 is 0 Å². The summed E-state index contributed by atoms with van der Waals surface area (Å²) in [5, 5.41) is 0. The monoisotopic (exact) mass is 195 g/mol. The largest absolute Gasteiger partial charge is 0.264 e. The van der Waals surface area contributed by atoms with Crippen LogP contribution in [0.3, 0.4) is 0 Å². The average molecular weight is 195 g/mol. The highest BCUT2D eigenvalue weighted by atomic mass is 15.0. The number of rotatable bonds is 1. The Labute approximate surface area is 87.6 Å². The van der Waals surface area contributed by atoms with Crippen LogP contribution in [0, 0.1) is 0 Å². The topological polar surface area (TPSA) is 37.6 Å². The summed E-state index contributed by atoms with van der Waals surface area (Å²) in [6.45, 7) is 0. The number of nitrogens with zero attached hydrogens (tertiary/aromatic N) is 3. The zero-order valence-corrected chi connectivity index (χ0v) is 8.09. The SMILES string of the molecule is C1=CCC2=NC(c3cccnc3)=NC2=C1. The van der Waals surface area contributed by atoms with E-state index in [-0.39, 0.29) is 0 Å². The smallest absolute Gasteiger partial charge is 0.161 e. The molecule has 0 radical (unpaired) electrons. The van der Waals surface area contributed by atoms with Crippen molar-refractivity contribution in [3.63, 3.8) is 0 Å². The van der Waals surface area contributed by atoms with Gasteiger partial charge in [-0.15, -0.1) is 0 Å². The van der Waals surface area contributed by atoms with Gasteiger partial charge in [-0.25, -0.2) is 9.98 Å². The van der Waals surface area contributed by atoms with Gasteiger partial charge in [-0.3, -0.25) is 4.98 Å². The van der Waals surface area contributed by atoms with Gasteiger partial charge >= 0.3 is 0 Å². The van der Waals surface area contributed by atoms with Crippen molar-refractivity contribution in [2.75, 3.05) is 0 Å². The first-order chi connectivity index (χ1) is 7.43. The van der Waals surface area contributed by atoms with Gasteiger partial charge in [0.1, 0.15) is 0 Å². The molecule has 0 bridgehead atoms. The fourth-order valence-corrected chi connectivity index (χ4v) is 1.64. The van der Waals surface area contributed by atoms with Gasteiger partial charge in [0.2, 0.25) is 0 Å². The van der Waals surface area contributed by atoms with Gasteiger partial charge in [0, 0.05) is 24.4 Å². The fraction of sp³-hybridized carbons (Fsp3) is 0.0833. The Morgan fingerprint density at radius 2 is 2.20 bits per heavy atom. The van der Waals surface area contributed by atoms with Gasteiger partial charge in [-0.1, -0.05) is 12.2 Å². The standard InChI is InChI=1S/C12H9N3/c1-2-6-11-10(5-1)14-12(15-11)9-4-3-7-13-8-9/h1-5,7-8H,6H2. The number of allylic oxidation sites excluding steroid dienone is 4. The van der Waals surface area contributed by atoms with Gasteiger partial charge < -0.3 is 0 Å². The van der Waals surface area contributed by atoms with Crippen LogP contribution in [0.1, 0.15) is 12.0 Å². The zero-order valence-electron chi connectivity index (χ0n) is 8.09. The van der Waals surface area contributed by atoms with E-state index in [2.05, 4.69) is 21.0 Å². The van der Waals surface area contributed by atoms with Crippen molar-refractivity contribution in [3.05, 3.63) is 54.0 Å². The van der Waals surface area contributed by atoms with E-state index in [4.69, 9.17) is 0 Å². The first kappa shape index (κ1) is 8.29. The van der Waals surface area contributed by atoms with Crippen LogP contribution < -0.4 is 0 Å². The predicted molar refractivity (Wildman–Crippen MR) is 60.0 cm³/mol. The van der Waals surface area contributed by atoms with E-state index in [9.17, 15) is 0 Å². The van der Waals surface area contributed by atoms with Crippen molar-refractivity contribution in [2.45, 2.75) is 6.42 Å². The van der Waals surface area contributed by atoms with Crippen molar-refractivity contribution in [1.82, 2.24) is 4.98 Å². The van der Waals surface area contributed by atoms with Crippen LogP contribution in [0.5, 0.6) is 0 Å². The maximum atomic E-state index is 4.49. The van der Waals surface area contributed by atoms with Crippen LogP contribution in [0.15, 0.2) is 58.4 Å². The molecule has 15 heavy (non-hydrogen) atoms. The third-order valence-electron chi connectivity index (χ3n) is 2.38. The van der Waals surface area contributed by atoms with Crippen LogP contribution in [0.4, 0.5) is 0 Å². The molecule has 0 saturated heterocycles. The number of hydrogen-bond donors (Lipinski definition) is 0. The van der Waals surface area contributed by atoms with E-state index in [1.807, 2.05) is 24.3 Å². The molecule has 3 heteroatoms. The van der Waals surface area contributed by atoms with E-state index in [1.165, 1.54) is 0 Å². The molecule has 0 aromatic carbocycles. The highest BCUT2D eigenvalue weighted by Crippen LogP contribution is 2.19. The van der Waals surface area contributed by atoms with Crippen LogP contribution in [-0.2, 0) is 0 Å². The van der Waals surface area contributed by atoms with E-state index < -0.39 is 0 Å². The maximum absolute atomic E-state index is 4.49. The number of amidine groups is 1. The number of hydrogen-bond acceptors (Lipinski definition) is 3. The lowest BCUT2D eigenvalue weighted by Gasteiger charge is -1.99. The Balaban J connectivity index is 2.02. The molecule has 3 nitrogen and oxygen atoms in total. The first-order valence-electron chi connectivity index (χ1n) is 4.87. The van der Waals surface area contributed by atoms with Gasteiger partial charge in [-0.05, 0) is 18.2 Å².